The summed E-state index contributed by atoms with van der Waals surface area (Å²) in [5.41, 5.74) is 0. The van der Waals surface area contributed by atoms with Crippen LogP contribution in [-0.4, -0.2) is 60.2 Å². The predicted octanol–water partition coefficient (Wildman–Crippen LogP) is 2.65. The van der Waals surface area contributed by atoms with Crippen LogP contribution in [0.25, 0.3) is 0 Å². The zero-order valence-electron chi connectivity index (χ0n) is 16.2. The zero-order valence-corrected chi connectivity index (χ0v) is 16.2. The number of ether oxygens (including phenoxy) is 2. The highest BCUT2D eigenvalue weighted by Gasteiger charge is 2.29. The van der Waals surface area contributed by atoms with E-state index in [1.54, 1.807) is 0 Å². The third-order valence-electron chi connectivity index (χ3n) is 5.25. The molecule has 0 N–H and O–H groups in total. The number of hydrogen-bond acceptors (Lipinski definition) is 6. The molecule has 0 radical (unpaired) electrons. The largest absolute Gasteiger partial charge is 0.439 e. The normalized spacial score (nSPS) is 18.2. The Balaban J connectivity index is 1.39. The Morgan fingerprint density at radius 1 is 1.07 bits per heavy atom. The van der Waals surface area contributed by atoms with E-state index in [4.69, 9.17) is 9.47 Å². The van der Waals surface area contributed by atoms with E-state index in [2.05, 4.69) is 14.9 Å². The van der Waals surface area contributed by atoms with Gasteiger partial charge in [0.25, 0.3) is 0 Å². The number of hydrogen-bond donors (Lipinski definition) is 0. The third kappa shape index (κ3) is 4.42. The van der Waals surface area contributed by atoms with Gasteiger partial charge in [0.15, 0.2) is 0 Å². The average Bonchev–Trinajstić information content (AvgIpc) is 2.74. The van der Waals surface area contributed by atoms with Crippen molar-refractivity contribution in [3.8, 4) is 11.6 Å². The molecule has 2 saturated heterocycles. The van der Waals surface area contributed by atoms with Crippen LogP contribution in [-0.2, 0) is 9.53 Å². The van der Waals surface area contributed by atoms with Crippen molar-refractivity contribution in [1.82, 2.24) is 14.9 Å². The molecule has 0 atom stereocenters. The van der Waals surface area contributed by atoms with Crippen molar-refractivity contribution >= 4 is 11.7 Å². The topological polar surface area (TPSA) is 67.8 Å². The van der Waals surface area contributed by atoms with Gasteiger partial charge < -0.3 is 19.3 Å². The highest BCUT2D eigenvalue weighted by molar-refractivity contribution is 5.79. The SMILES string of the molecule is Cc1nc(Oc2ccccc2)cc(N2CCN(C(=O)C3CCOCC3)CC2)n1. The Bertz CT molecular complexity index is 801. The minimum atomic E-state index is 0.118. The molecule has 7 heteroatoms. The number of carbonyl (C=O) groups is 1. The van der Waals surface area contributed by atoms with E-state index < -0.39 is 0 Å². The number of aromatic nitrogens is 2. The number of anilines is 1. The van der Waals surface area contributed by atoms with Gasteiger partial charge in [0.1, 0.15) is 17.4 Å². The Labute approximate surface area is 165 Å². The zero-order chi connectivity index (χ0) is 19.3. The summed E-state index contributed by atoms with van der Waals surface area (Å²) in [5, 5.41) is 0. The van der Waals surface area contributed by atoms with Crippen LogP contribution in [0, 0.1) is 12.8 Å². The summed E-state index contributed by atoms with van der Waals surface area (Å²) in [5.74, 6) is 3.19. The van der Waals surface area contributed by atoms with E-state index in [0.29, 0.717) is 38.0 Å². The number of para-hydroxylation sites is 1. The summed E-state index contributed by atoms with van der Waals surface area (Å²) in [7, 11) is 0. The van der Waals surface area contributed by atoms with Gasteiger partial charge in [-0.3, -0.25) is 4.79 Å². The number of carbonyl (C=O) groups excluding carboxylic acids is 1. The molecule has 2 aliphatic heterocycles. The molecular weight excluding hydrogens is 356 g/mol. The van der Waals surface area contributed by atoms with Gasteiger partial charge in [0, 0.05) is 51.4 Å². The quantitative estimate of drug-likeness (QED) is 0.810. The molecule has 1 aromatic carbocycles. The van der Waals surface area contributed by atoms with Gasteiger partial charge in [-0.15, -0.1) is 0 Å². The van der Waals surface area contributed by atoms with Crippen molar-refractivity contribution in [3.05, 3.63) is 42.2 Å². The molecule has 1 aromatic heterocycles. The van der Waals surface area contributed by atoms with Gasteiger partial charge in [-0.05, 0) is 31.9 Å². The number of aryl methyl sites for hydroxylation is 1. The van der Waals surface area contributed by atoms with Gasteiger partial charge in [0.05, 0.1) is 0 Å². The lowest BCUT2D eigenvalue weighted by atomic mass is 9.98. The number of nitrogens with zero attached hydrogens (tertiary/aromatic N) is 4. The van der Waals surface area contributed by atoms with Gasteiger partial charge in [-0.1, -0.05) is 18.2 Å². The summed E-state index contributed by atoms with van der Waals surface area (Å²) in [6, 6.07) is 11.5. The summed E-state index contributed by atoms with van der Waals surface area (Å²) < 4.78 is 11.2. The lowest BCUT2D eigenvalue weighted by Crippen LogP contribution is -2.51. The molecule has 0 bridgehead atoms. The maximum absolute atomic E-state index is 12.7. The van der Waals surface area contributed by atoms with Crippen molar-refractivity contribution in [2.75, 3.05) is 44.3 Å². The van der Waals surface area contributed by atoms with Gasteiger partial charge in [0.2, 0.25) is 11.8 Å². The van der Waals surface area contributed by atoms with E-state index in [1.807, 2.05) is 48.2 Å². The number of piperazine rings is 1. The summed E-state index contributed by atoms with van der Waals surface area (Å²) >= 11 is 0. The second kappa shape index (κ2) is 8.56. The van der Waals surface area contributed by atoms with E-state index >= 15 is 0 Å². The molecule has 1 amide bonds. The van der Waals surface area contributed by atoms with Gasteiger partial charge >= 0.3 is 0 Å². The third-order valence-corrected chi connectivity index (χ3v) is 5.25. The van der Waals surface area contributed by atoms with Crippen molar-refractivity contribution in [2.45, 2.75) is 19.8 Å². The number of rotatable bonds is 4. The fourth-order valence-electron chi connectivity index (χ4n) is 3.71. The van der Waals surface area contributed by atoms with Crippen LogP contribution >= 0.6 is 0 Å². The van der Waals surface area contributed by atoms with Gasteiger partial charge in [-0.25, -0.2) is 4.98 Å². The summed E-state index contributed by atoms with van der Waals surface area (Å²) in [6.45, 7) is 6.21. The molecule has 0 aliphatic carbocycles. The lowest BCUT2D eigenvalue weighted by Gasteiger charge is -2.37. The standard InChI is InChI=1S/C21H26N4O3/c1-16-22-19(15-20(23-16)28-18-5-3-2-4-6-18)24-9-11-25(12-10-24)21(26)17-7-13-27-14-8-17/h2-6,15,17H,7-14H2,1H3. The first-order valence-electron chi connectivity index (χ1n) is 9.89. The fraction of sp³-hybridized carbons (Fsp3) is 0.476. The number of amides is 1. The molecule has 0 saturated carbocycles. The van der Waals surface area contributed by atoms with Crippen LogP contribution in [0.3, 0.4) is 0 Å². The molecular formula is C21H26N4O3. The number of benzene rings is 1. The van der Waals surface area contributed by atoms with Crippen molar-refractivity contribution in [2.24, 2.45) is 5.92 Å². The van der Waals surface area contributed by atoms with E-state index in [1.165, 1.54) is 0 Å². The minimum Gasteiger partial charge on any atom is -0.439 e. The smallest absolute Gasteiger partial charge is 0.225 e. The van der Waals surface area contributed by atoms with Gasteiger partial charge in [-0.2, -0.15) is 4.98 Å². The Kier molecular flexibility index (Phi) is 5.71. The van der Waals surface area contributed by atoms with Crippen molar-refractivity contribution < 1.29 is 14.3 Å². The highest BCUT2D eigenvalue weighted by atomic mass is 16.5. The molecule has 0 spiro atoms. The Morgan fingerprint density at radius 2 is 1.79 bits per heavy atom. The highest BCUT2D eigenvalue weighted by Crippen LogP contribution is 2.25. The first-order chi connectivity index (χ1) is 13.7. The van der Waals surface area contributed by atoms with Crippen LogP contribution in [0.1, 0.15) is 18.7 Å². The monoisotopic (exact) mass is 382 g/mol. The fourth-order valence-corrected chi connectivity index (χ4v) is 3.71. The predicted molar refractivity (Wildman–Crippen MR) is 106 cm³/mol. The van der Waals surface area contributed by atoms with E-state index in [-0.39, 0.29) is 11.8 Å². The first kappa shape index (κ1) is 18.7. The molecule has 3 heterocycles. The molecule has 2 aromatic rings. The molecule has 4 rings (SSSR count). The van der Waals surface area contributed by atoms with Crippen molar-refractivity contribution in [3.63, 3.8) is 0 Å². The second-order valence-corrected chi connectivity index (χ2v) is 7.23. The molecule has 2 aliphatic rings. The molecule has 2 fully saturated rings. The maximum atomic E-state index is 12.7. The minimum absolute atomic E-state index is 0.118. The van der Waals surface area contributed by atoms with E-state index in [0.717, 1.165) is 37.5 Å². The summed E-state index contributed by atoms with van der Waals surface area (Å²) in [4.78, 5) is 25.9. The summed E-state index contributed by atoms with van der Waals surface area (Å²) in [6.07, 6.45) is 1.68. The van der Waals surface area contributed by atoms with Crippen LogP contribution in [0.15, 0.2) is 36.4 Å². The van der Waals surface area contributed by atoms with Crippen LogP contribution in [0.5, 0.6) is 11.6 Å². The van der Waals surface area contributed by atoms with Crippen LogP contribution < -0.4 is 9.64 Å². The first-order valence-corrected chi connectivity index (χ1v) is 9.89. The molecule has 7 nitrogen and oxygen atoms in total. The average molecular weight is 382 g/mol. The maximum Gasteiger partial charge on any atom is 0.225 e. The molecule has 0 unspecified atom stereocenters. The van der Waals surface area contributed by atoms with Crippen LogP contribution in [0.2, 0.25) is 0 Å². The Hall–Kier alpha value is -2.67. The van der Waals surface area contributed by atoms with Crippen molar-refractivity contribution in [1.29, 1.82) is 0 Å². The van der Waals surface area contributed by atoms with E-state index in [9.17, 15) is 4.79 Å². The Morgan fingerprint density at radius 3 is 2.50 bits per heavy atom. The molecule has 148 valence electrons. The second-order valence-electron chi connectivity index (χ2n) is 7.23. The molecule has 28 heavy (non-hydrogen) atoms. The van der Waals surface area contributed by atoms with Crippen LogP contribution in [0.4, 0.5) is 5.82 Å². The lowest BCUT2D eigenvalue weighted by molar-refractivity contribution is -0.138.